The summed E-state index contributed by atoms with van der Waals surface area (Å²) < 4.78 is 27.0. The first-order chi connectivity index (χ1) is 6.02. The summed E-state index contributed by atoms with van der Waals surface area (Å²) >= 11 is 0. The van der Waals surface area contributed by atoms with E-state index in [1.165, 1.54) is 0 Å². The van der Waals surface area contributed by atoms with Crippen molar-refractivity contribution in [3.05, 3.63) is 0 Å². The lowest BCUT2D eigenvalue weighted by atomic mass is 10.2. The van der Waals surface area contributed by atoms with E-state index in [0.717, 1.165) is 12.8 Å². The van der Waals surface area contributed by atoms with E-state index in [2.05, 4.69) is 4.18 Å². The molecule has 1 aliphatic carbocycles. The molecule has 6 nitrogen and oxygen atoms in total. The second-order valence-electron chi connectivity index (χ2n) is 3.23. The average Bonchev–Trinajstić information content (AvgIpc) is 2.75. The first-order valence-electron chi connectivity index (χ1n) is 3.94. The van der Waals surface area contributed by atoms with Crippen molar-refractivity contribution in [2.24, 2.45) is 5.92 Å². The molecule has 0 aromatic heterocycles. The van der Waals surface area contributed by atoms with E-state index in [1.54, 1.807) is 0 Å². The van der Waals surface area contributed by atoms with Crippen LogP contribution in [0.5, 0.6) is 0 Å². The number of nitrogens with zero attached hydrogens (tertiary/aromatic N) is 1. The van der Waals surface area contributed by atoms with Crippen LogP contribution >= 0.6 is 0 Å². The molecular weight excluding hydrogens is 198 g/mol. The average molecular weight is 207 g/mol. The molecule has 13 heavy (non-hydrogen) atoms. The first kappa shape index (κ1) is 8.76. The summed E-state index contributed by atoms with van der Waals surface area (Å²) in [4.78, 5) is 10.6. The van der Waals surface area contributed by atoms with Gasteiger partial charge in [-0.2, -0.15) is 12.7 Å². The van der Waals surface area contributed by atoms with Crippen molar-refractivity contribution in [3.8, 4) is 0 Å². The largest absolute Gasteiger partial charge is 0.464 e. The Bertz CT molecular complexity index is 333. The maximum atomic E-state index is 11.1. The minimum Gasteiger partial charge on any atom is -0.464 e. The summed E-state index contributed by atoms with van der Waals surface area (Å²) in [5.74, 6) is 0.161. The monoisotopic (exact) mass is 207 g/mol. The number of hydrogen-bond donors (Lipinski definition) is 1. The van der Waals surface area contributed by atoms with Gasteiger partial charge < -0.3 is 5.11 Å². The quantitative estimate of drug-likeness (QED) is 0.655. The molecule has 74 valence electrons. The highest BCUT2D eigenvalue weighted by Crippen LogP contribution is 2.39. The number of amides is 1. The molecule has 1 amide bonds. The highest BCUT2D eigenvalue weighted by atomic mass is 32.2. The van der Waals surface area contributed by atoms with Gasteiger partial charge in [0.25, 0.3) is 0 Å². The van der Waals surface area contributed by atoms with Gasteiger partial charge in [-0.1, -0.05) is 0 Å². The van der Waals surface area contributed by atoms with E-state index >= 15 is 0 Å². The molecule has 0 bridgehead atoms. The van der Waals surface area contributed by atoms with Gasteiger partial charge >= 0.3 is 16.4 Å². The Kier molecular flexibility index (Phi) is 1.74. The molecule has 2 aliphatic rings. The maximum absolute atomic E-state index is 11.1. The van der Waals surface area contributed by atoms with E-state index in [0.29, 0.717) is 4.31 Å². The summed E-state index contributed by atoms with van der Waals surface area (Å²) in [5, 5.41) is 8.66. The molecule has 1 atom stereocenters. The smallest absolute Gasteiger partial charge is 0.423 e. The summed E-state index contributed by atoms with van der Waals surface area (Å²) in [6, 6.07) is -0.498. The molecule has 1 saturated heterocycles. The van der Waals surface area contributed by atoms with Crippen LogP contribution in [-0.4, -0.2) is 36.6 Å². The van der Waals surface area contributed by atoms with Crippen molar-refractivity contribution in [1.82, 2.24) is 4.31 Å². The van der Waals surface area contributed by atoms with Crippen molar-refractivity contribution >= 4 is 16.4 Å². The van der Waals surface area contributed by atoms with Crippen molar-refractivity contribution < 1.29 is 22.5 Å². The molecule has 0 aromatic rings. The van der Waals surface area contributed by atoms with Crippen LogP contribution in [0.25, 0.3) is 0 Å². The van der Waals surface area contributed by atoms with Crippen LogP contribution < -0.4 is 0 Å². The third kappa shape index (κ3) is 1.37. The van der Waals surface area contributed by atoms with Gasteiger partial charge in [-0.3, -0.25) is 4.18 Å². The number of carboxylic acid groups (broad SMARTS) is 1. The SMILES string of the molecule is O=C(O)N1[C@H](C2CC2)COS1(=O)=O. The van der Waals surface area contributed by atoms with Gasteiger partial charge in [-0.15, -0.1) is 0 Å². The lowest BCUT2D eigenvalue weighted by molar-refractivity contribution is 0.161. The normalized spacial score (nSPS) is 32.0. The van der Waals surface area contributed by atoms with Gasteiger partial charge in [0.05, 0.1) is 12.6 Å². The molecule has 0 radical (unpaired) electrons. The van der Waals surface area contributed by atoms with Gasteiger partial charge in [0, 0.05) is 0 Å². The van der Waals surface area contributed by atoms with Gasteiger partial charge in [0.1, 0.15) is 0 Å². The second kappa shape index (κ2) is 2.58. The van der Waals surface area contributed by atoms with Crippen LogP contribution in [-0.2, 0) is 14.5 Å². The van der Waals surface area contributed by atoms with Gasteiger partial charge in [-0.25, -0.2) is 4.79 Å². The van der Waals surface area contributed by atoms with E-state index in [1.807, 2.05) is 0 Å². The van der Waals surface area contributed by atoms with E-state index < -0.39 is 22.4 Å². The van der Waals surface area contributed by atoms with E-state index in [-0.39, 0.29) is 12.5 Å². The number of rotatable bonds is 1. The molecule has 0 unspecified atom stereocenters. The minimum absolute atomic E-state index is 0.0285. The standard InChI is InChI=1S/C6H9NO5S/c8-6(9)7-5(4-1-2-4)3-12-13(7,10)11/h4-5H,1-3H2,(H,8,9)/t5-/m0/s1. The van der Waals surface area contributed by atoms with E-state index in [4.69, 9.17) is 5.11 Å². The van der Waals surface area contributed by atoms with E-state index in [9.17, 15) is 13.2 Å². The van der Waals surface area contributed by atoms with Crippen LogP contribution in [0, 0.1) is 5.92 Å². The Labute approximate surface area is 75.4 Å². The molecule has 2 fully saturated rings. The summed E-state index contributed by atoms with van der Waals surface area (Å²) in [7, 11) is -4.01. The predicted molar refractivity (Wildman–Crippen MR) is 41.2 cm³/mol. The third-order valence-corrected chi connectivity index (χ3v) is 3.63. The first-order valence-corrected chi connectivity index (χ1v) is 5.30. The van der Waals surface area contributed by atoms with Crippen molar-refractivity contribution in [2.45, 2.75) is 18.9 Å². The van der Waals surface area contributed by atoms with Crippen LogP contribution in [0.3, 0.4) is 0 Å². The van der Waals surface area contributed by atoms with Gasteiger partial charge in [0.2, 0.25) is 0 Å². The summed E-state index contributed by atoms with van der Waals surface area (Å²) in [5.41, 5.74) is 0. The molecule has 1 saturated carbocycles. The maximum Gasteiger partial charge on any atom is 0.423 e. The van der Waals surface area contributed by atoms with Crippen molar-refractivity contribution in [3.63, 3.8) is 0 Å². The zero-order valence-electron chi connectivity index (χ0n) is 6.71. The Balaban J connectivity index is 2.27. The topological polar surface area (TPSA) is 83.9 Å². The summed E-state index contributed by atoms with van der Waals surface area (Å²) in [6.07, 6.45) is 0.315. The Morgan fingerprint density at radius 3 is 2.54 bits per heavy atom. The summed E-state index contributed by atoms with van der Waals surface area (Å²) in [6.45, 7) is -0.0285. The third-order valence-electron chi connectivity index (χ3n) is 2.28. The number of hydrogen-bond acceptors (Lipinski definition) is 4. The molecule has 0 spiro atoms. The molecule has 1 heterocycles. The molecule has 0 aromatic carbocycles. The van der Waals surface area contributed by atoms with Crippen LogP contribution in [0.2, 0.25) is 0 Å². The van der Waals surface area contributed by atoms with Gasteiger partial charge in [-0.05, 0) is 18.8 Å². The van der Waals surface area contributed by atoms with Crippen LogP contribution in [0.15, 0.2) is 0 Å². The molecule has 7 heteroatoms. The molecule has 1 aliphatic heterocycles. The zero-order chi connectivity index (χ0) is 9.64. The Morgan fingerprint density at radius 1 is 1.46 bits per heavy atom. The fourth-order valence-corrected chi connectivity index (χ4v) is 2.67. The van der Waals surface area contributed by atoms with Crippen molar-refractivity contribution in [1.29, 1.82) is 0 Å². The Morgan fingerprint density at radius 2 is 2.08 bits per heavy atom. The molecule has 1 N–H and O–H groups in total. The molecule has 2 rings (SSSR count). The van der Waals surface area contributed by atoms with Gasteiger partial charge in [0.15, 0.2) is 0 Å². The van der Waals surface area contributed by atoms with Crippen molar-refractivity contribution in [2.75, 3.05) is 6.61 Å². The Hall–Kier alpha value is -0.820. The second-order valence-corrected chi connectivity index (χ2v) is 4.71. The molecular formula is C6H9NO5S. The minimum atomic E-state index is -4.01. The predicted octanol–water partition coefficient (Wildman–Crippen LogP) is 0.0200. The fourth-order valence-electron chi connectivity index (χ4n) is 1.49. The van der Waals surface area contributed by atoms with Crippen LogP contribution in [0.4, 0.5) is 4.79 Å². The highest BCUT2D eigenvalue weighted by molar-refractivity contribution is 7.85. The lowest BCUT2D eigenvalue weighted by Gasteiger charge is -2.15. The highest BCUT2D eigenvalue weighted by Gasteiger charge is 2.49. The fraction of sp³-hybridized carbons (Fsp3) is 0.833. The van der Waals surface area contributed by atoms with Crippen LogP contribution in [0.1, 0.15) is 12.8 Å². The number of carbonyl (C=O) groups is 1. The lowest BCUT2D eigenvalue weighted by Crippen LogP contribution is -2.39. The zero-order valence-corrected chi connectivity index (χ0v) is 7.53.